The van der Waals surface area contributed by atoms with E-state index in [1.807, 2.05) is 0 Å². The average Bonchev–Trinajstić information content (AvgIpc) is 1.97. The average molecular weight is 185 g/mol. The first-order chi connectivity index (χ1) is 6.24. The van der Waals surface area contributed by atoms with Crippen molar-refractivity contribution in [2.24, 2.45) is 5.92 Å². The topological polar surface area (TPSA) is 21.3 Å². The van der Waals surface area contributed by atoms with Crippen molar-refractivity contribution in [3.63, 3.8) is 0 Å². The molecule has 0 heterocycles. The zero-order chi connectivity index (χ0) is 9.68. The van der Waals surface area contributed by atoms with Gasteiger partial charge in [-0.3, -0.25) is 0 Å². The van der Waals surface area contributed by atoms with Crippen molar-refractivity contribution in [2.45, 2.75) is 51.6 Å². The smallest absolute Gasteiger partial charge is 0.0476 e. The number of ether oxygens (including phenoxy) is 1. The highest BCUT2D eigenvalue weighted by molar-refractivity contribution is 4.81. The molecule has 0 aromatic heterocycles. The Balaban J connectivity index is 2.07. The molecule has 0 amide bonds. The summed E-state index contributed by atoms with van der Waals surface area (Å²) in [6.45, 7) is 5.42. The monoisotopic (exact) mass is 185 g/mol. The van der Waals surface area contributed by atoms with E-state index in [0.29, 0.717) is 12.1 Å². The second-order valence-electron chi connectivity index (χ2n) is 4.33. The van der Waals surface area contributed by atoms with Crippen molar-refractivity contribution in [3.8, 4) is 0 Å². The van der Waals surface area contributed by atoms with Crippen LogP contribution in [0.4, 0.5) is 0 Å². The Kier molecular flexibility index (Phi) is 4.74. The van der Waals surface area contributed by atoms with Gasteiger partial charge in [-0.25, -0.2) is 0 Å². The predicted octanol–water partition coefficient (Wildman–Crippen LogP) is 2.19. The molecule has 1 N–H and O–H groups in total. The lowest BCUT2D eigenvalue weighted by molar-refractivity contribution is 0.172. The van der Waals surface area contributed by atoms with Crippen molar-refractivity contribution in [1.29, 1.82) is 0 Å². The SMILES string of the molecule is COCCC(C)NC(C)C1CCC1. The number of rotatable bonds is 6. The summed E-state index contributed by atoms with van der Waals surface area (Å²) in [5, 5.41) is 3.64. The van der Waals surface area contributed by atoms with Crippen molar-refractivity contribution < 1.29 is 4.74 Å². The molecule has 2 heteroatoms. The number of hydrogen-bond acceptors (Lipinski definition) is 2. The highest BCUT2D eigenvalue weighted by Gasteiger charge is 2.24. The zero-order valence-corrected chi connectivity index (χ0v) is 9.18. The first kappa shape index (κ1) is 11.0. The molecule has 1 aliphatic rings. The molecular weight excluding hydrogens is 162 g/mol. The summed E-state index contributed by atoms with van der Waals surface area (Å²) < 4.78 is 5.05. The molecule has 2 atom stereocenters. The van der Waals surface area contributed by atoms with Gasteiger partial charge >= 0.3 is 0 Å². The lowest BCUT2D eigenvalue weighted by Crippen LogP contribution is -2.42. The summed E-state index contributed by atoms with van der Waals surface area (Å²) in [6, 6.07) is 1.29. The van der Waals surface area contributed by atoms with Crippen molar-refractivity contribution >= 4 is 0 Å². The van der Waals surface area contributed by atoms with Crippen molar-refractivity contribution in [1.82, 2.24) is 5.32 Å². The molecule has 0 aliphatic heterocycles. The standard InChI is InChI=1S/C11H23NO/c1-9(7-8-13-3)12-10(2)11-5-4-6-11/h9-12H,4-8H2,1-3H3. The maximum Gasteiger partial charge on any atom is 0.0476 e. The van der Waals surface area contributed by atoms with Crippen LogP contribution in [0, 0.1) is 5.92 Å². The van der Waals surface area contributed by atoms with Gasteiger partial charge < -0.3 is 10.1 Å². The van der Waals surface area contributed by atoms with E-state index < -0.39 is 0 Å². The van der Waals surface area contributed by atoms with Crippen LogP contribution in [-0.2, 0) is 4.74 Å². The molecule has 0 aromatic carbocycles. The fourth-order valence-corrected chi connectivity index (χ4v) is 1.90. The fraction of sp³-hybridized carbons (Fsp3) is 1.00. The third-order valence-electron chi connectivity index (χ3n) is 3.16. The van der Waals surface area contributed by atoms with Gasteiger partial charge in [-0.1, -0.05) is 6.42 Å². The van der Waals surface area contributed by atoms with Crippen LogP contribution in [0.5, 0.6) is 0 Å². The van der Waals surface area contributed by atoms with E-state index in [4.69, 9.17) is 4.74 Å². The van der Waals surface area contributed by atoms with Gasteiger partial charge in [-0.2, -0.15) is 0 Å². The van der Waals surface area contributed by atoms with Gasteiger partial charge in [0.2, 0.25) is 0 Å². The highest BCUT2D eigenvalue weighted by atomic mass is 16.5. The van der Waals surface area contributed by atoms with E-state index in [9.17, 15) is 0 Å². The maximum absolute atomic E-state index is 5.05. The van der Waals surface area contributed by atoms with E-state index in [2.05, 4.69) is 19.2 Å². The molecule has 1 fully saturated rings. The van der Waals surface area contributed by atoms with E-state index in [1.165, 1.54) is 19.3 Å². The van der Waals surface area contributed by atoms with Crippen LogP contribution in [0.25, 0.3) is 0 Å². The first-order valence-corrected chi connectivity index (χ1v) is 5.49. The van der Waals surface area contributed by atoms with E-state index >= 15 is 0 Å². The van der Waals surface area contributed by atoms with Gasteiger partial charge in [-0.05, 0) is 39.0 Å². The molecule has 0 aromatic rings. The van der Waals surface area contributed by atoms with Gasteiger partial charge in [-0.15, -0.1) is 0 Å². The van der Waals surface area contributed by atoms with Crippen LogP contribution in [-0.4, -0.2) is 25.8 Å². The van der Waals surface area contributed by atoms with Crippen molar-refractivity contribution in [3.05, 3.63) is 0 Å². The Morgan fingerprint density at radius 1 is 1.38 bits per heavy atom. The van der Waals surface area contributed by atoms with E-state index in [-0.39, 0.29) is 0 Å². The Bertz CT molecular complexity index is 134. The molecule has 2 nitrogen and oxygen atoms in total. The maximum atomic E-state index is 5.05. The lowest BCUT2D eigenvalue weighted by Gasteiger charge is -2.33. The van der Waals surface area contributed by atoms with Crippen LogP contribution in [0.2, 0.25) is 0 Å². The molecular formula is C11H23NO. The fourth-order valence-electron chi connectivity index (χ4n) is 1.90. The minimum atomic E-state index is 0.593. The zero-order valence-electron chi connectivity index (χ0n) is 9.18. The summed E-state index contributed by atoms with van der Waals surface area (Å²) in [7, 11) is 1.77. The Morgan fingerprint density at radius 2 is 2.08 bits per heavy atom. The largest absolute Gasteiger partial charge is 0.385 e. The van der Waals surface area contributed by atoms with Crippen LogP contribution >= 0.6 is 0 Å². The van der Waals surface area contributed by atoms with Crippen molar-refractivity contribution in [2.75, 3.05) is 13.7 Å². The summed E-state index contributed by atoms with van der Waals surface area (Å²) in [4.78, 5) is 0. The van der Waals surface area contributed by atoms with Gasteiger partial charge in [0.25, 0.3) is 0 Å². The van der Waals surface area contributed by atoms with Crippen LogP contribution in [0.1, 0.15) is 39.5 Å². The molecule has 0 radical (unpaired) electrons. The lowest BCUT2D eigenvalue weighted by atomic mass is 9.80. The predicted molar refractivity (Wildman–Crippen MR) is 55.9 cm³/mol. The molecule has 2 unspecified atom stereocenters. The quantitative estimate of drug-likeness (QED) is 0.685. The van der Waals surface area contributed by atoms with E-state index in [0.717, 1.165) is 18.9 Å². The van der Waals surface area contributed by atoms with Gasteiger partial charge in [0, 0.05) is 25.8 Å². The van der Waals surface area contributed by atoms with Gasteiger partial charge in [0.15, 0.2) is 0 Å². The van der Waals surface area contributed by atoms with Crippen LogP contribution < -0.4 is 5.32 Å². The Morgan fingerprint density at radius 3 is 2.54 bits per heavy atom. The summed E-state index contributed by atoms with van der Waals surface area (Å²) in [5.74, 6) is 0.935. The molecule has 0 saturated heterocycles. The van der Waals surface area contributed by atoms with E-state index in [1.54, 1.807) is 7.11 Å². The first-order valence-electron chi connectivity index (χ1n) is 5.49. The van der Waals surface area contributed by atoms with Gasteiger partial charge in [0.1, 0.15) is 0 Å². The number of methoxy groups -OCH3 is 1. The second-order valence-corrected chi connectivity index (χ2v) is 4.33. The normalized spacial score (nSPS) is 22.4. The molecule has 1 rings (SSSR count). The van der Waals surface area contributed by atoms with Gasteiger partial charge in [0.05, 0.1) is 0 Å². The minimum Gasteiger partial charge on any atom is -0.385 e. The molecule has 13 heavy (non-hydrogen) atoms. The molecule has 1 saturated carbocycles. The van der Waals surface area contributed by atoms with Crippen LogP contribution in [0.15, 0.2) is 0 Å². The summed E-state index contributed by atoms with van der Waals surface area (Å²) in [6.07, 6.45) is 5.40. The molecule has 0 spiro atoms. The minimum absolute atomic E-state index is 0.593. The molecule has 0 bridgehead atoms. The third-order valence-corrected chi connectivity index (χ3v) is 3.16. The Labute approximate surface area is 82.0 Å². The number of nitrogens with one attached hydrogen (secondary N) is 1. The molecule has 78 valence electrons. The third kappa shape index (κ3) is 3.65. The summed E-state index contributed by atoms with van der Waals surface area (Å²) >= 11 is 0. The highest BCUT2D eigenvalue weighted by Crippen LogP contribution is 2.29. The number of hydrogen-bond donors (Lipinski definition) is 1. The molecule has 1 aliphatic carbocycles. The Hall–Kier alpha value is -0.0800. The second kappa shape index (κ2) is 5.61. The van der Waals surface area contributed by atoms with Crippen LogP contribution in [0.3, 0.4) is 0 Å². The summed E-state index contributed by atoms with van der Waals surface area (Å²) in [5.41, 5.74) is 0.